The zero-order valence-corrected chi connectivity index (χ0v) is 10.5. The van der Waals surface area contributed by atoms with Crippen molar-refractivity contribution in [3.63, 3.8) is 0 Å². The second-order valence-electron chi connectivity index (χ2n) is 4.12. The highest BCUT2D eigenvalue weighted by Gasteiger charge is 2.19. The van der Waals surface area contributed by atoms with E-state index in [0.717, 1.165) is 17.7 Å². The molecule has 0 aliphatic rings. The van der Waals surface area contributed by atoms with Crippen LogP contribution in [0.25, 0.3) is 0 Å². The van der Waals surface area contributed by atoms with Crippen LogP contribution in [0.15, 0.2) is 42.5 Å². The Kier molecular flexibility index (Phi) is 3.74. The first-order chi connectivity index (χ1) is 9.47. The van der Waals surface area contributed by atoms with Crippen LogP contribution in [-0.2, 0) is 0 Å². The minimum Gasteiger partial charge on any atom is -0.416 e. The van der Waals surface area contributed by atoms with Gasteiger partial charge in [0.25, 0.3) is 0 Å². The summed E-state index contributed by atoms with van der Waals surface area (Å²) >= 11 is 0. The molecule has 0 aliphatic carbocycles. The Labute approximate surface area is 113 Å². The summed E-state index contributed by atoms with van der Waals surface area (Å²) in [6, 6.07) is 9.29. The molecule has 20 heavy (non-hydrogen) atoms. The lowest BCUT2D eigenvalue weighted by Crippen LogP contribution is -2.09. The third kappa shape index (κ3) is 2.97. The van der Waals surface area contributed by atoms with E-state index in [-0.39, 0.29) is 11.3 Å². The van der Waals surface area contributed by atoms with E-state index in [9.17, 15) is 19.3 Å². The summed E-state index contributed by atoms with van der Waals surface area (Å²) in [5.74, 6) is -1.80. The molecule has 0 heterocycles. The molecule has 102 valence electrons. The fourth-order valence-electron chi connectivity index (χ4n) is 1.57. The summed E-state index contributed by atoms with van der Waals surface area (Å²) < 4.78 is 17.9. The van der Waals surface area contributed by atoms with E-state index in [1.807, 2.05) is 6.92 Å². The Hall–Kier alpha value is -2.76. The molecule has 0 aromatic heterocycles. The zero-order chi connectivity index (χ0) is 14.7. The zero-order valence-electron chi connectivity index (χ0n) is 10.5. The number of nitro benzene ring substituents is 1. The maximum Gasteiger partial charge on any atom is 0.343 e. The molecule has 0 saturated carbocycles. The minimum atomic E-state index is -0.805. The Morgan fingerprint density at radius 3 is 2.45 bits per heavy atom. The third-order valence-corrected chi connectivity index (χ3v) is 2.61. The molecule has 0 fully saturated rings. The third-order valence-electron chi connectivity index (χ3n) is 2.61. The number of carbonyl (C=O) groups is 1. The molecule has 2 aromatic carbocycles. The van der Waals surface area contributed by atoms with Crippen molar-refractivity contribution in [1.29, 1.82) is 0 Å². The van der Waals surface area contributed by atoms with E-state index in [1.165, 1.54) is 0 Å². The molecule has 6 heteroatoms. The highest BCUT2D eigenvalue weighted by atomic mass is 19.1. The van der Waals surface area contributed by atoms with Crippen LogP contribution in [0.1, 0.15) is 15.9 Å². The molecule has 0 N–H and O–H groups in total. The van der Waals surface area contributed by atoms with E-state index in [4.69, 9.17) is 4.74 Å². The molecule has 5 nitrogen and oxygen atoms in total. The number of ether oxygens (including phenoxy) is 1. The highest BCUT2D eigenvalue weighted by molar-refractivity contribution is 5.91. The van der Waals surface area contributed by atoms with Crippen molar-refractivity contribution in [3.8, 4) is 5.75 Å². The number of nitro groups is 1. The summed E-state index contributed by atoms with van der Waals surface area (Å²) in [7, 11) is 0. The Morgan fingerprint density at radius 1 is 1.20 bits per heavy atom. The van der Waals surface area contributed by atoms with Gasteiger partial charge < -0.3 is 4.74 Å². The van der Waals surface area contributed by atoms with Crippen molar-refractivity contribution in [3.05, 3.63) is 69.5 Å². The summed E-state index contributed by atoms with van der Waals surface area (Å²) in [4.78, 5) is 21.8. The van der Waals surface area contributed by atoms with Gasteiger partial charge in [-0.2, -0.15) is 0 Å². The van der Waals surface area contributed by atoms with Gasteiger partial charge >= 0.3 is 11.7 Å². The van der Waals surface area contributed by atoms with Gasteiger partial charge in [0.2, 0.25) is 5.75 Å². The monoisotopic (exact) mass is 275 g/mol. The van der Waals surface area contributed by atoms with Gasteiger partial charge in [-0.1, -0.05) is 17.7 Å². The topological polar surface area (TPSA) is 69.4 Å². The lowest BCUT2D eigenvalue weighted by Gasteiger charge is -2.05. The van der Waals surface area contributed by atoms with Gasteiger partial charge in [0.1, 0.15) is 5.82 Å². The largest absolute Gasteiger partial charge is 0.416 e. The van der Waals surface area contributed by atoms with Gasteiger partial charge in [0.05, 0.1) is 16.6 Å². The van der Waals surface area contributed by atoms with E-state index in [0.29, 0.717) is 6.07 Å². The quantitative estimate of drug-likeness (QED) is 0.373. The van der Waals surface area contributed by atoms with E-state index >= 15 is 0 Å². The Bertz CT molecular complexity index is 667. The Morgan fingerprint density at radius 2 is 1.85 bits per heavy atom. The number of hydrogen-bond acceptors (Lipinski definition) is 4. The fourth-order valence-corrected chi connectivity index (χ4v) is 1.57. The molecule has 0 aliphatic heterocycles. The lowest BCUT2D eigenvalue weighted by atomic mass is 10.1. The molecule has 0 saturated heterocycles. The molecular weight excluding hydrogens is 265 g/mol. The predicted molar refractivity (Wildman–Crippen MR) is 69.2 cm³/mol. The van der Waals surface area contributed by atoms with Crippen LogP contribution in [0.3, 0.4) is 0 Å². The van der Waals surface area contributed by atoms with Gasteiger partial charge in [-0.05, 0) is 31.2 Å². The number of hydrogen-bond donors (Lipinski definition) is 0. The van der Waals surface area contributed by atoms with Crippen LogP contribution in [-0.4, -0.2) is 10.9 Å². The number of rotatable bonds is 3. The number of nitrogens with zero attached hydrogens (tertiary/aromatic N) is 1. The number of halogens is 1. The van der Waals surface area contributed by atoms with Crippen molar-refractivity contribution in [2.45, 2.75) is 6.92 Å². The second kappa shape index (κ2) is 5.48. The van der Waals surface area contributed by atoms with Gasteiger partial charge in [-0.15, -0.1) is 0 Å². The molecule has 0 amide bonds. The molecule has 2 rings (SSSR count). The fraction of sp³-hybridized carbons (Fsp3) is 0.0714. The molecule has 0 radical (unpaired) electrons. The van der Waals surface area contributed by atoms with Crippen LogP contribution >= 0.6 is 0 Å². The van der Waals surface area contributed by atoms with Gasteiger partial charge in [-0.25, -0.2) is 9.18 Å². The smallest absolute Gasteiger partial charge is 0.343 e. The van der Waals surface area contributed by atoms with Crippen molar-refractivity contribution in [2.75, 3.05) is 0 Å². The van der Waals surface area contributed by atoms with Crippen LogP contribution in [0.4, 0.5) is 10.1 Å². The molecule has 0 bridgehead atoms. The van der Waals surface area contributed by atoms with Gasteiger partial charge in [0, 0.05) is 0 Å². The van der Waals surface area contributed by atoms with Gasteiger partial charge in [-0.3, -0.25) is 10.1 Å². The molecule has 2 aromatic rings. The second-order valence-corrected chi connectivity index (χ2v) is 4.12. The van der Waals surface area contributed by atoms with E-state index in [2.05, 4.69) is 0 Å². The van der Waals surface area contributed by atoms with Crippen molar-refractivity contribution < 1.29 is 18.8 Å². The van der Waals surface area contributed by atoms with E-state index in [1.54, 1.807) is 24.3 Å². The maximum atomic E-state index is 13.0. The van der Waals surface area contributed by atoms with Crippen molar-refractivity contribution in [2.24, 2.45) is 0 Å². The first-order valence-electron chi connectivity index (χ1n) is 5.70. The molecule has 0 spiro atoms. The average Bonchev–Trinajstić information content (AvgIpc) is 2.41. The number of esters is 1. The normalized spacial score (nSPS) is 10.1. The summed E-state index contributed by atoms with van der Waals surface area (Å²) in [5.41, 5.74) is 0.633. The number of benzene rings is 2. The Balaban J connectivity index is 2.28. The molecular formula is C14H10FNO4. The lowest BCUT2D eigenvalue weighted by molar-refractivity contribution is -0.385. The first kappa shape index (κ1) is 13.7. The average molecular weight is 275 g/mol. The number of aryl methyl sites for hydroxylation is 1. The van der Waals surface area contributed by atoms with E-state index < -0.39 is 22.4 Å². The molecule has 0 atom stereocenters. The number of carbonyl (C=O) groups excluding carboxylic acids is 1. The van der Waals surface area contributed by atoms with Crippen LogP contribution in [0, 0.1) is 22.9 Å². The van der Waals surface area contributed by atoms with Crippen LogP contribution in [0.5, 0.6) is 5.75 Å². The maximum absolute atomic E-state index is 13.0. The van der Waals surface area contributed by atoms with Crippen LogP contribution in [0.2, 0.25) is 0 Å². The minimum absolute atomic E-state index is 0.259. The van der Waals surface area contributed by atoms with Gasteiger partial charge in [0.15, 0.2) is 0 Å². The summed E-state index contributed by atoms with van der Waals surface area (Å²) in [6.45, 7) is 1.86. The highest BCUT2D eigenvalue weighted by Crippen LogP contribution is 2.28. The summed E-state index contributed by atoms with van der Waals surface area (Å²) in [5, 5.41) is 10.8. The predicted octanol–water partition coefficient (Wildman–Crippen LogP) is 3.26. The first-order valence-corrected chi connectivity index (χ1v) is 5.70. The summed E-state index contributed by atoms with van der Waals surface area (Å²) in [6.07, 6.45) is 0. The standard InChI is InChI=1S/C14H10FNO4/c1-9-2-4-10(5-3-9)14(17)20-13-7-6-11(15)8-12(13)16(18)19/h2-8H,1H3. The van der Waals surface area contributed by atoms with Crippen LogP contribution < -0.4 is 4.74 Å². The van der Waals surface area contributed by atoms with Crippen molar-refractivity contribution >= 4 is 11.7 Å². The SMILES string of the molecule is Cc1ccc(C(=O)Oc2ccc(F)cc2[N+](=O)[O-])cc1. The van der Waals surface area contributed by atoms with Crippen molar-refractivity contribution in [1.82, 2.24) is 0 Å². The molecule has 0 unspecified atom stereocenters.